The van der Waals surface area contributed by atoms with Crippen molar-refractivity contribution in [3.8, 4) is 5.69 Å². The number of hydrogen-bond acceptors (Lipinski definition) is 3. The van der Waals surface area contributed by atoms with Crippen LogP contribution in [0.15, 0.2) is 54.7 Å². The van der Waals surface area contributed by atoms with Gasteiger partial charge in [-0.25, -0.2) is 0 Å². The molecule has 3 aromatic rings. The summed E-state index contributed by atoms with van der Waals surface area (Å²) in [5.41, 5.74) is 7.22. The number of benzene rings is 1. The fourth-order valence-corrected chi connectivity index (χ4v) is 4.87. The molecular formula is C25H30N4OS. The number of nitrogens with one attached hydrogen (secondary N) is 1. The molecule has 1 fully saturated rings. The van der Waals surface area contributed by atoms with Crippen LogP contribution in [0.25, 0.3) is 5.69 Å². The van der Waals surface area contributed by atoms with E-state index < -0.39 is 0 Å². The van der Waals surface area contributed by atoms with Gasteiger partial charge in [0.2, 0.25) is 0 Å². The molecular weight excluding hydrogens is 404 g/mol. The van der Waals surface area contributed by atoms with E-state index in [1.807, 2.05) is 18.3 Å². The third kappa shape index (κ3) is 4.10. The van der Waals surface area contributed by atoms with E-state index in [9.17, 15) is 0 Å². The third-order valence-electron chi connectivity index (χ3n) is 6.13. The number of thiocarbonyl (C=S) groups is 1. The van der Waals surface area contributed by atoms with Gasteiger partial charge in [-0.15, -0.1) is 0 Å². The number of methoxy groups -OCH3 is 1. The first-order chi connectivity index (χ1) is 15.0. The Morgan fingerprint density at radius 2 is 1.90 bits per heavy atom. The summed E-state index contributed by atoms with van der Waals surface area (Å²) in [6.07, 6.45) is 2.88. The molecule has 1 aromatic carbocycles. The molecule has 0 aliphatic carbocycles. The van der Waals surface area contributed by atoms with Crippen molar-refractivity contribution in [3.05, 3.63) is 82.9 Å². The number of nitrogens with zero attached hydrogens (tertiary/aromatic N) is 3. The summed E-state index contributed by atoms with van der Waals surface area (Å²) < 4.78 is 7.71. The zero-order chi connectivity index (χ0) is 22.0. The summed E-state index contributed by atoms with van der Waals surface area (Å²) in [5, 5.41) is 4.26. The van der Waals surface area contributed by atoms with Crippen molar-refractivity contribution in [2.75, 3.05) is 20.3 Å². The minimum absolute atomic E-state index is 0.0121. The molecule has 1 N–H and O–H groups in total. The molecule has 0 saturated carbocycles. The number of aryl methyl sites for hydroxylation is 2. The normalized spacial score (nSPS) is 18.5. The number of rotatable bonds is 7. The highest BCUT2D eigenvalue weighted by molar-refractivity contribution is 7.80. The van der Waals surface area contributed by atoms with Crippen LogP contribution in [0.4, 0.5) is 0 Å². The Balaban J connectivity index is 1.79. The van der Waals surface area contributed by atoms with Crippen molar-refractivity contribution < 1.29 is 4.74 Å². The lowest BCUT2D eigenvalue weighted by atomic mass is 9.97. The smallest absolute Gasteiger partial charge is 0.170 e. The minimum Gasteiger partial charge on any atom is -0.383 e. The van der Waals surface area contributed by atoms with E-state index in [0.29, 0.717) is 6.61 Å². The van der Waals surface area contributed by atoms with Gasteiger partial charge in [-0.3, -0.25) is 4.98 Å². The predicted octanol–water partition coefficient (Wildman–Crippen LogP) is 4.67. The van der Waals surface area contributed by atoms with Gasteiger partial charge in [0.15, 0.2) is 5.11 Å². The number of ether oxygens (including phenoxy) is 1. The van der Waals surface area contributed by atoms with Crippen molar-refractivity contribution in [3.63, 3.8) is 0 Å². The lowest BCUT2D eigenvalue weighted by molar-refractivity contribution is 0.164. The van der Waals surface area contributed by atoms with Crippen molar-refractivity contribution >= 4 is 17.3 Å². The van der Waals surface area contributed by atoms with E-state index in [1.54, 1.807) is 7.11 Å². The molecule has 0 bridgehead atoms. The van der Waals surface area contributed by atoms with E-state index in [-0.39, 0.29) is 12.1 Å². The molecule has 1 saturated heterocycles. The number of aromatic nitrogens is 2. The molecule has 0 spiro atoms. The van der Waals surface area contributed by atoms with E-state index in [0.717, 1.165) is 23.8 Å². The highest BCUT2D eigenvalue weighted by Gasteiger charge is 2.41. The Kier molecular flexibility index (Phi) is 6.39. The monoisotopic (exact) mass is 434 g/mol. The van der Waals surface area contributed by atoms with Gasteiger partial charge in [0.05, 0.1) is 24.4 Å². The van der Waals surface area contributed by atoms with Gasteiger partial charge in [0.25, 0.3) is 0 Å². The zero-order valence-electron chi connectivity index (χ0n) is 18.6. The fourth-order valence-electron chi connectivity index (χ4n) is 4.54. The van der Waals surface area contributed by atoms with Crippen LogP contribution in [-0.2, 0) is 11.2 Å². The zero-order valence-corrected chi connectivity index (χ0v) is 19.4. The summed E-state index contributed by atoms with van der Waals surface area (Å²) in [5.74, 6) is 0. The van der Waals surface area contributed by atoms with Crippen LogP contribution < -0.4 is 5.32 Å². The quantitative estimate of drug-likeness (QED) is 0.548. The predicted molar refractivity (Wildman–Crippen MR) is 129 cm³/mol. The average Bonchev–Trinajstić information content (AvgIpc) is 3.27. The van der Waals surface area contributed by atoms with E-state index >= 15 is 0 Å². The van der Waals surface area contributed by atoms with Gasteiger partial charge in [0, 0.05) is 36.9 Å². The van der Waals surface area contributed by atoms with Crippen LogP contribution in [0.1, 0.15) is 47.2 Å². The summed E-state index contributed by atoms with van der Waals surface area (Å²) in [4.78, 5) is 6.88. The van der Waals surface area contributed by atoms with Crippen molar-refractivity contribution in [1.29, 1.82) is 0 Å². The summed E-state index contributed by atoms with van der Waals surface area (Å²) >= 11 is 5.74. The second kappa shape index (κ2) is 9.20. The van der Waals surface area contributed by atoms with Crippen LogP contribution in [-0.4, -0.2) is 39.8 Å². The molecule has 1 aliphatic heterocycles. The maximum atomic E-state index is 5.74. The molecule has 3 heterocycles. The van der Waals surface area contributed by atoms with E-state index in [2.05, 4.69) is 76.9 Å². The lowest BCUT2D eigenvalue weighted by Gasteiger charge is -2.28. The first kappa shape index (κ1) is 21.5. The van der Waals surface area contributed by atoms with E-state index in [4.69, 9.17) is 17.0 Å². The van der Waals surface area contributed by atoms with Crippen LogP contribution >= 0.6 is 12.2 Å². The Labute approximate surface area is 190 Å². The largest absolute Gasteiger partial charge is 0.383 e. The maximum absolute atomic E-state index is 5.74. The van der Waals surface area contributed by atoms with Crippen molar-refractivity contribution in [2.24, 2.45) is 0 Å². The van der Waals surface area contributed by atoms with Gasteiger partial charge < -0.3 is 19.5 Å². The highest BCUT2D eigenvalue weighted by Crippen LogP contribution is 2.41. The summed E-state index contributed by atoms with van der Waals surface area (Å²) in [7, 11) is 1.73. The molecule has 6 heteroatoms. The lowest BCUT2D eigenvalue weighted by Crippen LogP contribution is -2.32. The van der Waals surface area contributed by atoms with Gasteiger partial charge in [-0.1, -0.05) is 25.1 Å². The van der Waals surface area contributed by atoms with Crippen LogP contribution in [0.3, 0.4) is 0 Å². The molecule has 31 heavy (non-hydrogen) atoms. The second-order valence-corrected chi connectivity index (χ2v) is 8.38. The Hall–Kier alpha value is -2.70. The summed E-state index contributed by atoms with van der Waals surface area (Å²) in [6.45, 7) is 7.89. The topological polar surface area (TPSA) is 42.3 Å². The molecule has 2 atom stereocenters. The second-order valence-electron chi connectivity index (χ2n) is 7.99. The van der Waals surface area contributed by atoms with Crippen LogP contribution in [0, 0.1) is 13.8 Å². The van der Waals surface area contributed by atoms with E-state index in [1.165, 1.54) is 28.2 Å². The average molecular weight is 435 g/mol. The molecule has 4 rings (SSSR count). The van der Waals surface area contributed by atoms with Crippen molar-refractivity contribution in [2.45, 2.75) is 39.3 Å². The Morgan fingerprint density at radius 3 is 2.55 bits per heavy atom. The van der Waals surface area contributed by atoms with Gasteiger partial charge >= 0.3 is 0 Å². The molecule has 162 valence electrons. The van der Waals surface area contributed by atoms with Gasteiger partial charge in [0.1, 0.15) is 0 Å². The first-order valence-electron chi connectivity index (χ1n) is 10.8. The molecule has 5 nitrogen and oxygen atoms in total. The molecule has 2 aromatic heterocycles. The minimum atomic E-state index is -0.0121. The molecule has 0 unspecified atom stereocenters. The van der Waals surface area contributed by atoms with Crippen LogP contribution in [0.2, 0.25) is 0 Å². The van der Waals surface area contributed by atoms with Crippen molar-refractivity contribution in [1.82, 2.24) is 19.8 Å². The Bertz CT molecular complexity index is 1050. The molecule has 1 aliphatic rings. The number of pyridine rings is 1. The van der Waals surface area contributed by atoms with Gasteiger partial charge in [-0.2, -0.15) is 0 Å². The maximum Gasteiger partial charge on any atom is 0.170 e. The Morgan fingerprint density at radius 1 is 1.13 bits per heavy atom. The third-order valence-corrected chi connectivity index (χ3v) is 6.48. The number of hydrogen-bond donors (Lipinski definition) is 1. The highest BCUT2D eigenvalue weighted by atomic mass is 32.1. The van der Waals surface area contributed by atoms with Crippen LogP contribution in [0.5, 0.6) is 0 Å². The molecule has 0 amide bonds. The van der Waals surface area contributed by atoms with Gasteiger partial charge in [-0.05, 0) is 73.9 Å². The molecule has 0 radical (unpaired) electrons. The SMILES string of the molecule is CCc1ccc(-n2c(C)cc([C@H]3[C@@H](c4ccccn4)NC(=S)N3CCOC)c2C)cc1. The summed E-state index contributed by atoms with van der Waals surface area (Å²) in [6, 6.07) is 17.2. The standard InChI is InChI=1S/C25H30N4OS/c1-5-19-9-11-20(12-10-19)29-17(2)16-21(18(29)3)24-23(22-8-6-7-13-26-22)27-25(31)28(24)14-15-30-4/h6-13,16,23-24H,5,14-15H2,1-4H3,(H,27,31)/t23-,24+/m1/s1. The first-order valence-corrected chi connectivity index (χ1v) is 11.2. The fraction of sp³-hybridized carbons (Fsp3) is 0.360.